The minimum absolute atomic E-state index is 0.357. The maximum Gasteiger partial charge on any atom is 0.144 e. The topological polar surface area (TPSA) is 26.0 Å². The van der Waals surface area contributed by atoms with Crippen molar-refractivity contribution in [3.05, 3.63) is 133 Å². The van der Waals surface area contributed by atoms with Crippen molar-refractivity contribution < 1.29 is 4.42 Å². The van der Waals surface area contributed by atoms with Crippen LogP contribution in [-0.2, 0) is 0 Å². The Kier molecular flexibility index (Phi) is 7.97. The lowest BCUT2D eigenvalue weighted by Crippen LogP contribution is -2.37. The maximum atomic E-state index is 6.75. The van der Waals surface area contributed by atoms with Gasteiger partial charge in [-0.15, -0.1) is 0 Å². The third-order valence-corrected chi connectivity index (χ3v) is 11.5. The van der Waals surface area contributed by atoms with Gasteiger partial charge in [0.1, 0.15) is 11.2 Å². The summed E-state index contributed by atoms with van der Waals surface area (Å²) in [5.74, 6) is 0.714. The van der Waals surface area contributed by atoms with E-state index < -0.39 is 8.07 Å². The van der Waals surface area contributed by atoms with E-state index in [0.717, 1.165) is 44.3 Å². The molecule has 0 spiro atoms. The van der Waals surface area contributed by atoms with Crippen LogP contribution in [0.2, 0.25) is 19.6 Å². The number of rotatable bonds is 7. The number of aromatic nitrogens is 1. The lowest BCUT2D eigenvalue weighted by Gasteiger charge is -2.23. The molecule has 0 aliphatic heterocycles. The van der Waals surface area contributed by atoms with Crippen molar-refractivity contribution in [3.8, 4) is 44.6 Å². The fraction of sp³-hybridized carbons (Fsp3) is 0.205. The van der Waals surface area contributed by atoms with Crippen LogP contribution in [0.15, 0.2) is 126 Å². The zero-order valence-electron chi connectivity index (χ0n) is 28.6. The van der Waals surface area contributed by atoms with E-state index in [0.29, 0.717) is 11.8 Å². The normalized spacial score (nSPS) is 12.1. The summed E-state index contributed by atoms with van der Waals surface area (Å²) >= 11 is 0. The van der Waals surface area contributed by atoms with Gasteiger partial charge in [0.05, 0.1) is 13.8 Å². The molecule has 2 heterocycles. The molecule has 3 heteroatoms. The van der Waals surface area contributed by atoms with E-state index in [1.807, 2.05) is 12.3 Å². The molecule has 5 aromatic carbocycles. The Morgan fingerprint density at radius 2 is 1.13 bits per heavy atom. The number of para-hydroxylation sites is 2. The molecule has 2 aromatic heterocycles. The molecule has 0 amide bonds. The van der Waals surface area contributed by atoms with E-state index in [1.54, 1.807) is 0 Å². The Morgan fingerprint density at radius 1 is 0.532 bits per heavy atom. The Balaban J connectivity index is 1.37. The molecule has 47 heavy (non-hydrogen) atoms. The molecule has 0 atom stereocenters. The van der Waals surface area contributed by atoms with Crippen LogP contribution in [0.1, 0.15) is 50.7 Å². The highest BCUT2D eigenvalue weighted by Crippen LogP contribution is 2.43. The molecular weight excluding hydrogens is 587 g/mol. The number of pyridine rings is 1. The standard InChI is InChI=1S/C44H43NOSi/c1-28(2)39-25-33(30-19-21-34(22-20-30)47(5,6)7)26-40(29(3)4)42(39)32-23-24-45-41(27-32)38-18-12-17-37-36-16-11-15-35(43(36)46-44(37)38)31-13-9-8-10-14-31/h8-29H,1-7H3. The molecule has 0 N–H and O–H groups in total. The van der Waals surface area contributed by atoms with Crippen LogP contribution in [0.25, 0.3) is 66.6 Å². The van der Waals surface area contributed by atoms with Crippen molar-refractivity contribution in [3.63, 3.8) is 0 Å². The van der Waals surface area contributed by atoms with E-state index in [1.165, 1.54) is 38.6 Å². The average Bonchev–Trinajstić information content (AvgIpc) is 3.47. The summed E-state index contributed by atoms with van der Waals surface area (Å²) in [6.45, 7) is 16.5. The van der Waals surface area contributed by atoms with E-state index in [2.05, 4.69) is 157 Å². The zero-order chi connectivity index (χ0) is 32.9. The maximum absolute atomic E-state index is 6.75. The fourth-order valence-corrected chi connectivity index (χ4v) is 8.03. The van der Waals surface area contributed by atoms with Crippen LogP contribution < -0.4 is 5.19 Å². The van der Waals surface area contributed by atoms with Crippen molar-refractivity contribution >= 4 is 35.2 Å². The molecule has 0 saturated heterocycles. The van der Waals surface area contributed by atoms with Crippen LogP contribution >= 0.6 is 0 Å². The first-order valence-electron chi connectivity index (χ1n) is 16.9. The summed E-state index contributed by atoms with van der Waals surface area (Å²) in [4.78, 5) is 4.92. The quantitative estimate of drug-likeness (QED) is 0.164. The Labute approximate surface area is 280 Å². The van der Waals surface area contributed by atoms with Crippen LogP contribution in [0.4, 0.5) is 0 Å². The minimum Gasteiger partial charge on any atom is -0.455 e. The first-order valence-corrected chi connectivity index (χ1v) is 20.4. The summed E-state index contributed by atoms with van der Waals surface area (Å²) < 4.78 is 6.75. The predicted molar refractivity (Wildman–Crippen MR) is 204 cm³/mol. The van der Waals surface area contributed by atoms with Gasteiger partial charge in [-0.05, 0) is 69.0 Å². The van der Waals surface area contributed by atoms with Gasteiger partial charge < -0.3 is 4.42 Å². The highest BCUT2D eigenvalue weighted by atomic mass is 28.3. The molecule has 0 radical (unpaired) electrons. The van der Waals surface area contributed by atoms with Gasteiger partial charge in [-0.3, -0.25) is 4.98 Å². The second kappa shape index (κ2) is 12.1. The van der Waals surface area contributed by atoms with Crippen molar-refractivity contribution in [2.75, 3.05) is 0 Å². The van der Waals surface area contributed by atoms with Crippen LogP contribution in [0.3, 0.4) is 0 Å². The Morgan fingerprint density at radius 3 is 1.72 bits per heavy atom. The summed E-state index contributed by atoms with van der Waals surface area (Å²) in [6.07, 6.45) is 1.96. The molecule has 0 saturated carbocycles. The SMILES string of the molecule is CC(C)c1cc(-c2ccc([Si](C)(C)C)cc2)cc(C(C)C)c1-c1ccnc(-c2cccc3c2oc2c(-c4ccccc4)cccc23)c1. The zero-order valence-corrected chi connectivity index (χ0v) is 29.6. The summed E-state index contributed by atoms with van der Waals surface area (Å²) in [7, 11) is -1.36. The van der Waals surface area contributed by atoms with Crippen molar-refractivity contribution in [1.82, 2.24) is 4.98 Å². The number of nitrogens with zero attached hydrogens (tertiary/aromatic N) is 1. The van der Waals surface area contributed by atoms with Gasteiger partial charge in [-0.1, -0.05) is 150 Å². The number of hydrogen-bond acceptors (Lipinski definition) is 2. The van der Waals surface area contributed by atoms with Crippen LogP contribution in [-0.4, -0.2) is 13.1 Å². The van der Waals surface area contributed by atoms with Crippen molar-refractivity contribution in [1.29, 1.82) is 0 Å². The van der Waals surface area contributed by atoms with Gasteiger partial charge in [-0.2, -0.15) is 0 Å². The summed E-state index contributed by atoms with van der Waals surface area (Å²) in [6, 6.07) is 41.9. The molecule has 0 unspecified atom stereocenters. The van der Waals surface area contributed by atoms with Gasteiger partial charge in [0.15, 0.2) is 0 Å². The third-order valence-electron chi connectivity index (χ3n) is 9.46. The number of benzene rings is 5. The van der Waals surface area contributed by atoms with Crippen molar-refractivity contribution in [2.24, 2.45) is 0 Å². The predicted octanol–water partition coefficient (Wildman–Crippen LogP) is 12.4. The molecule has 7 rings (SSSR count). The second-order valence-electron chi connectivity index (χ2n) is 14.4. The van der Waals surface area contributed by atoms with Gasteiger partial charge in [-0.25, -0.2) is 0 Å². The molecule has 0 fully saturated rings. The lowest BCUT2D eigenvalue weighted by molar-refractivity contribution is 0.671. The molecule has 0 bridgehead atoms. The highest BCUT2D eigenvalue weighted by molar-refractivity contribution is 6.88. The summed E-state index contributed by atoms with van der Waals surface area (Å²) in [5, 5.41) is 3.72. The first kappa shape index (κ1) is 30.9. The fourth-order valence-electron chi connectivity index (χ4n) is 6.86. The molecule has 2 nitrogen and oxygen atoms in total. The van der Waals surface area contributed by atoms with E-state index in [-0.39, 0.29) is 0 Å². The van der Waals surface area contributed by atoms with Crippen LogP contribution in [0.5, 0.6) is 0 Å². The second-order valence-corrected chi connectivity index (χ2v) is 19.5. The van der Waals surface area contributed by atoms with Crippen LogP contribution in [0, 0.1) is 0 Å². The van der Waals surface area contributed by atoms with Gasteiger partial charge in [0.2, 0.25) is 0 Å². The van der Waals surface area contributed by atoms with Gasteiger partial charge in [0.25, 0.3) is 0 Å². The lowest BCUT2D eigenvalue weighted by atomic mass is 9.82. The molecule has 7 aromatic rings. The Bertz CT molecular complexity index is 2190. The molecule has 0 aliphatic carbocycles. The Hall–Kier alpha value is -4.73. The molecular formula is C44H43NOSi. The van der Waals surface area contributed by atoms with Gasteiger partial charge >= 0.3 is 0 Å². The summed E-state index contributed by atoms with van der Waals surface area (Å²) in [5.41, 5.74) is 13.8. The molecule has 0 aliphatic rings. The first-order chi connectivity index (χ1) is 22.6. The monoisotopic (exact) mass is 629 g/mol. The highest BCUT2D eigenvalue weighted by Gasteiger charge is 2.21. The van der Waals surface area contributed by atoms with E-state index >= 15 is 0 Å². The number of hydrogen-bond donors (Lipinski definition) is 0. The largest absolute Gasteiger partial charge is 0.455 e. The number of furan rings is 1. The molecule has 234 valence electrons. The smallest absolute Gasteiger partial charge is 0.144 e. The average molecular weight is 630 g/mol. The number of fused-ring (bicyclic) bond motifs is 3. The van der Waals surface area contributed by atoms with E-state index in [4.69, 9.17) is 9.40 Å². The van der Waals surface area contributed by atoms with Crippen molar-refractivity contribution in [2.45, 2.75) is 59.2 Å². The van der Waals surface area contributed by atoms with Gasteiger partial charge in [0, 0.05) is 28.1 Å². The third kappa shape index (κ3) is 5.74. The van der Waals surface area contributed by atoms with E-state index in [9.17, 15) is 0 Å². The minimum atomic E-state index is -1.36.